The van der Waals surface area contributed by atoms with E-state index in [4.69, 9.17) is 18.0 Å². The molecule has 0 spiro atoms. The Bertz CT molecular complexity index is 413. The highest BCUT2D eigenvalue weighted by atomic mass is 79.9. The molecule has 80 valence electrons. The van der Waals surface area contributed by atoms with Crippen LogP contribution < -0.4 is 11.1 Å². The molecule has 1 fully saturated rings. The van der Waals surface area contributed by atoms with E-state index in [0.717, 1.165) is 15.7 Å². The van der Waals surface area contributed by atoms with Crippen molar-refractivity contribution < 1.29 is 0 Å². The van der Waals surface area contributed by atoms with Crippen LogP contribution in [-0.4, -0.2) is 10.5 Å². The minimum Gasteiger partial charge on any atom is -0.389 e. The monoisotopic (exact) mass is 284 g/mol. The van der Waals surface area contributed by atoms with E-state index in [1.54, 1.807) is 0 Å². The van der Waals surface area contributed by atoms with E-state index in [0.29, 0.717) is 4.99 Å². The van der Waals surface area contributed by atoms with Crippen LogP contribution in [0.4, 0.5) is 5.69 Å². The molecule has 0 radical (unpaired) electrons. The summed E-state index contributed by atoms with van der Waals surface area (Å²) < 4.78 is 1.04. The van der Waals surface area contributed by atoms with Crippen molar-refractivity contribution in [3.63, 3.8) is 0 Å². The predicted molar refractivity (Wildman–Crippen MR) is 71.3 cm³/mol. The van der Waals surface area contributed by atoms with Gasteiger partial charge in [-0.15, -0.1) is 0 Å². The van der Waals surface area contributed by atoms with Gasteiger partial charge in [-0.2, -0.15) is 0 Å². The molecule has 0 aliphatic heterocycles. The molecular formula is C11H13BrN2S. The van der Waals surface area contributed by atoms with Gasteiger partial charge in [0.25, 0.3) is 0 Å². The van der Waals surface area contributed by atoms with E-state index in [9.17, 15) is 0 Å². The number of nitrogens with two attached hydrogens (primary N) is 1. The first kappa shape index (κ1) is 10.9. The fourth-order valence-electron chi connectivity index (χ4n) is 1.47. The molecule has 2 nitrogen and oxygen atoms in total. The van der Waals surface area contributed by atoms with E-state index in [2.05, 4.69) is 28.2 Å². The Morgan fingerprint density at radius 2 is 2.20 bits per heavy atom. The summed E-state index contributed by atoms with van der Waals surface area (Å²) >= 11 is 8.47. The van der Waals surface area contributed by atoms with E-state index >= 15 is 0 Å². The molecule has 0 bridgehead atoms. The van der Waals surface area contributed by atoms with Crippen LogP contribution in [0.2, 0.25) is 0 Å². The minimum absolute atomic E-state index is 0.236. The number of rotatable bonds is 3. The molecule has 0 saturated heterocycles. The largest absolute Gasteiger partial charge is 0.389 e. The molecule has 0 atom stereocenters. The van der Waals surface area contributed by atoms with Crippen LogP contribution in [0.1, 0.15) is 25.3 Å². The average molecular weight is 285 g/mol. The second-order valence-corrected chi connectivity index (χ2v) is 5.60. The van der Waals surface area contributed by atoms with E-state index in [1.165, 1.54) is 12.8 Å². The third-order valence-corrected chi connectivity index (χ3v) is 3.40. The van der Waals surface area contributed by atoms with Gasteiger partial charge in [0.15, 0.2) is 0 Å². The van der Waals surface area contributed by atoms with Crippen LogP contribution in [0, 0.1) is 0 Å². The maximum atomic E-state index is 5.68. The van der Waals surface area contributed by atoms with Gasteiger partial charge in [0, 0.05) is 21.3 Å². The SMILES string of the molecule is CC1(Nc2cc(Br)ccc2C(N)=S)CC1. The maximum Gasteiger partial charge on any atom is 0.106 e. The van der Waals surface area contributed by atoms with Crippen molar-refractivity contribution >= 4 is 38.8 Å². The Labute approximate surface area is 103 Å². The van der Waals surface area contributed by atoms with E-state index in [-0.39, 0.29) is 5.54 Å². The van der Waals surface area contributed by atoms with Gasteiger partial charge in [-0.25, -0.2) is 0 Å². The van der Waals surface area contributed by atoms with Crippen molar-refractivity contribution in [2.75, 3.05) is 5.32 Å². The normalized spacial score (nSPS) is 17.2. The Morgan fingerprint density at radius 3 is 2.73 bits per heavy atom. The second kappa shape index (κ2) is 3.76. The molecule has 3 N–H and O–H groups in total. The van der Waals surface area contributed by atoms with Crippen molar-refractivity contribution in [2.45, 2.75) is 25.3 Å². The van der Waals surface area contributed by atoms with E-state index in [1.807, 2.05) is 18.2 Å². The van der Waals surface area contributed by atoms with E-state index < -0.39 is 0 Å². The number of halogens is 1. The lowest BCUT2D eigenvalue weighted by Gasteiger charge is -2.16. The predicted octanol–water partition coefficient (Wildman–Crippen LogP) is 3.05. The lowest BCUT2D eigenvalue weighted by molar-refractivity contribution is 0.829. The van der Waals surface area contributed by atoms with Crippen LogP contribution >= 0.6 is 28.1 Å². The Kier molecular flexibility index (Phi) is 2.73. The smallest absolute Gasteiger partial charge is 0.106 e. The summed E-state index contributed by atoms with van der Waals surface area (Å²) in [5.41, 5.74) is 7.86. The van der Waals surface area contributed by atoms with Gasteiger partial charge < -0.3 is 11.1 Å². The highest BCUT2D eigenvalue weighted by molar-refractivity contribution is 9.10. The van der Waals surface area contributed by atoms with Gasteiger partial charge in [-0.1, -0.05) is 28.1 Å². The van der Waals surface area contributed by atoms with Crippen LogP contribution in [0.15, 0.2) is 22.7 Å². The van der Waals surface area contributed by atoms with Crippen molar-refractivity contribution in [1.82, 2.24) is 0 Å². The summed E-state index contributed by atoms with van der Waals surface area (Å²) in [5, 5.41) is 3.49. The third-order valence-electron chi connectivity index (χ3n) is 2.68. The van der Waals surface area contributed by atoms with Crippen molar-refractivity contribution in [2.24, 2.45) is 5.73 Å². The van der Waals surface area contributed by atoms with Gasteiger partial charge in [0.2, 0.25) is 0 Å². The highest BCUT2D eigenvalue weighted by Gasteiger charge is 2.37. The lowest BCUT2D eigenvalue weighted by atomic mass is 10.1. The van der Waals surface area contributed by atoms with Gasteiger partial charge in [-0.05, 0) is 38.0 Å². The first-order valence-electron chi connectivity index (χ1n) is 4.88. The van der Waals surface area contributed by atoms with Crippen LogP contribution in [-0.2, 0) is 0 Å². The number of benzene rings is 1. The first-order chi connectivity index (χ1) is 7.00. The summed E-state index contributed by atoms with van der Waals surface area (Å²) in [5.74, 6) is 0. The van der Waals surface area contributed by atoms with Gasteiger partial charge in [0.05, 0.1) is 0 Å². The molecule has 0 aromatic heterocycles. The highest BCUT2D eigenvalue weighted by Crippen LogP contribution is 2.39. The number of thiocarbonyl (C=S) groups is 1. The summed E-state index contributed by atoms with van der Waals surface area (Å²) in [6, 6.07) is 5.92. The zero-order chi connectivity index (χ0) is 11.1. The summed E-state index contributed by atoms with van der Waals surface area (Å²) in [4.78, 5) is 0.439. The quantitative estimate of drug-likeness (QED) is 0.838. The molecule has 4 heteroatoms. The molecule has 15 heavy (non-hydrogen) atoms. The zero-order valence-corrected chi connectivity index (χ0v) is 10.9. The van der Waals surface area contributed by atoms with Gasteiger partial charge in [-0.3, -0.25) is 0 Å². The van der Waals surface area contributed by atoms with Gasteiger partial charge >= 0.3 is 0 Å². The van der Waals surface area contributed by atoms with Crippen LogP contribution in [0.3, 0.4) is 0 Å². The van der Waals surface area contributed by atoms with Gasteiger partial charge in [0.1, 0.15) is 4.99 Å². The summed E-state index contributed by atoms with van der Waals surface area (Å²) in [6.07, 6.45) is 2.41. The summed E-state index contributed by atoms with van der Waals surface area (Å²) in [7, 11) is 0. The fraction of sp³-hybridized carbons (Fsp3) is 0.364. The minimum atomic E-state index is 0.236. The Morgan fingerprint density at radius 1 is 1.53 bits per heavy atom. The molecular weight excluding hydrogens is 272 g/mol. The first-order valence-corrected chi connectivity index (χ1v) is 6.08. The molecule has 2 rings (SSSR count). The third kappa shape index (κ3) is 2.49. The molecule has 0 heterocycles. The second-order valence-electron chi connectivity index (χ2n) is 4.24. The Hall–Kier alpha value is -0.610. The standard InChI is InChI=1S/C11H13BrN2S/c1-11(4-5-11)14-9-6-7(12)2-3-8(9)10(13)15/h2-3,6,14H,4-5H2,1H3,(H2,13,15). The molecule has 1 aromatic rings. The molecule has 0 amide bonds. The number of nitrogens with one attached hydrogen (secondary N) is 1. The topological polar surface area (TPSA) is 38.0 Å². The van der Waals surface area contributed by atoms with Crippen molar-refractivity contribution in [1.29, 1.82) is 0 Å². The molecule has 1 aliphatic rings. The number of anilines is 1. The molecule has 1 aromatic carbocycles. The Balaban J connectivity index is 2.34. The number of hydrogen-bond donors (Lipinski definition) is 2. The lowest BCUT2D eigenvalue weighted by Crippen LogP contribution is -2.20. The van der Waals surface area contributed by atoms with Crippen molar-refractivity contribution in [3.05, 3.63) is 28.2 Å². The maximum absolute atomic E-state index is 5.68. The molecule has 1 saturated carbocycles. The molecule has 1 aliphatic carbocycles. The van der Waals surface area contributed by atoms with Crippen LogP contribution in [0.5, 0.6) is 0 Å². The fourth-order valence-corrected chi connectivity index (χ4v) is 2.01. The average Bonchev–Trinajstić information content (AvgIpc) is 2.82. The molecule has 0 unspecified atom stereocenters. The zero-order valence-electron chi connectivity index (χ0n) is 8.51. The van der Waals surface area contributed by atoms with Crippen LogP contribution in [0.25, 0.3) is 0 Å². The summed E-state index contributed by atoms with van der Waals surface area (Å²) in [6.45, 7) is 2.21. The number of hydrogen-bond acceptors (Lipinski definition) is 2. The van der Waals surface area contributed by atoms with Crippen molar-refractivity contribution in [3.8, 4) is 0 Å².